The number of carbonyl (C=O) groups is 1. The Hall–Kier alpha value is -2.77. The molecule has 7 nitrogen and oxygen atoms in total. The van der Waals surface area contributed by atoms with Crippen LogP contribution in [0.4, 0.5) is 0 Å². The largest absolute Gasteiger partial charge is 0.423 e. The Morgan fingerprint density at radius 1 is 1.18 bits per heavy atom. The summed E-state index contributed by atoms with van der Waals surface area (Å²) in [5.41, 5.74) is 2.27. The molecule has 1 aliphatic heterocycles. The molecule has 1 aliphatic rings. The van der Waals surface area contributed by atoms with Crippen LogP contribution in [0, 0.1) is 6.92 Å². The predicted octanol–water partition coefficient (Wildman–Crippen LogP) is 2.50. The molecule has 0 spiro atoms. The highest BCUT2D eigenvalue weighted by Gasteiger charge is 2.23. The summed E-state index contributed by atoms with van der Waals surface area (Å²) in [7, 11) is 0. The quantitative estimate of drug-likeness (QED) is 0.631. The SMILES string of the molecule is Cc1cc2oc(=O)cc(CN3CCN(C(=O)c4cnccn4)CC3)c2cc1Cl. The number of nitrogens with zero attached hydrogens (tertiary/aromatic N) is 4. The number of halogens is 1. The molecule has 0 bridgehead atoms. The van der Waals surface area contributed by atoms with Gasteiger partial charge in [-0.05, 0) is 30.2 Å². The van der Waals surface area contributed by atoms with Crippen LogP contribution in [0.3, 0.4) is 0 Å². The van der Waals surface area contributed by atoms with Crippen molar-refractivity contribution in [3.63, 3.8) is 0 Å². The van der Waals surface area contributed by atoms with Gasteiger partial charge < -0.3 is 9.32 Å². The summed E-state index contributed by atoms with van der Waals surface area (Å²) >= 11 is 6.27. The van der Waals surface area contributed by atoms with Gasteiger partial charge in [-0.2, -0.15) is 0 Å². The van der Waals surface area contributed by atoms with Crippen LogP contribution in [0.5, 0.6) is 0 Å². The first-order valence-corrected chi connectivity index (χ1v) is 9.39. The lowest BCUT2D eigenvalue weighted by Crippen LogP contribution is -2.48. The third-order valence-corrected chi connectivity index (χ3v) is 5.35. The minimum absolute atomic E-state index is 0.110. The van der Waals surface area contributed by atoms with Crippen LogP contribution < -0.4 is 5.63 Å². The first-order chi connectivity index (χ1) is 13.5. The van der Waals surface area contributed by atoms with Gasteiger partial charge in [0, 0.05) is 61.6 Å². The second kappa shape index (κ2) is 7.69. The Morgan fingerprint density at radius 3 is 2.68 bits per heavy atom. The highest BCUT2D eigenvalue weighted by molar-refractivity contribution is 6.32. The molecule has 0 atom stereocenters. The molecule has 2 aromatic heterocycles. The average Bonchev–Trinajstić information content (AvgIpc) is 2.70. The van der Waals surface area contributed by atoms with Crippen LogP contribution in [0.25, 0.3) is 11.0 Å². The molecular formula is C20H19ClN4O3. The van der Waals surface area contributed by atoms with E-state index in [1.165, 1.54) is 18.5 Å². The lowest BCUT2D eigenvalue weighted by molar-refractivity contribution is 0.0622. The Balaban J connectivity index is 1.49. The van der Waals surface area contributed by atoms with E-state index >= 15 is 0 Å². The zero-order chi connectivity index (χ0) is 19.7. The van der Waals surface area contributed by atoms with E-state index < -0.39 is 0 Å². The number of fused-ring (bicyclic) bond motifs is 1. The number of amides is 1. The third-order valence-electron chi connectivity index (χ3n) is 4.95. The smallest absolute Gasteiger partial charge is 0.336 e. The van der Waals surface area contributed by atoms with E-state index in [0.29, 0.717) is 49.0 Å². The molecule has 144 valence electrons. The molecule has 1 aromatic carbocycles. The Bertz CT molecular complexity index is 1080. The molecule has 0 unspecified atom stereocenters. The van der Waals surface area contributed by atoms with Gasteiger partial charge >= 0.3 is 5.63 Å². The third kappa shape index (κ3) is 3.76. The van der Waals surface area contributed by atoms with Gasteiger partial charge in [-0.3, -0.25) is 14.7 Å². The number of hydrogen-bond acceptors (Lipinski definition) is 6. The molecule has 3 aromatic rings. The number of piperazine rings is 1. The second-order valence-corrected chi connectivity index (χ2v) is 7.25. The van der Waals surface area contributed by atoms with Crippen molar-refractivity contribution in [2.24, 2.45) is 0 Å². The van der Waals surface area contributed by atoms with E-state index in [1.807, 2.05) is 13.0 Å². The highest BCUT2D eigenvalue weighted by Crippen LogP contribution is 2.26. The first kappa shape index (κ1) is 18.6. The fraction of sp³-hybridized carbons (Fsp3) is 0.300. The lowest BCUT2D eigenvalue weighted by Gasteiger charge is -2.34. The van der Waals surface area contributed by atoms with Crippen LogP contribution in [0.15, 0.2) is 46.0 Å². The van der Waals surface area contributed by atoms with Gasteiger partial charge in [0.15, 0.2) is 0 Å². The standard InChI is InChI=1S/C20H19ClN4O3/c1-13-8-18-15(10-16(13)21)14(9-19(26)28-18)12-24-4-6-25(7-5-24)20(27)17-11-22-2-3-23-17/h2-3,8-11H,4-7,12H2,1H3. The number of aryl methyl sites for hydroxylation is 1. The Morgan fingerprint density at radius 2 is 1.96 bits per heavy atom. The Labute approximate surface area is 166 Å². The normalized spacial score (nSPS) is 15.1. The van der Waals surface area contributed by atoms with Crippen molar-refractivity contribution >= 4 is 28.5 Å². The monoisotopic (exact) mass is 398 g/mol. The van der Waals surface area contributed by atoms with E-state index in [9.17, 15) is 9.59 Å². The van der Waals surface area contributed by atoms with Crippen molar-refractivity contribution in [3.8, 4) is 0 Å². The molecule has 0 aliphatic carbocycles. The maximum atomic E-state index is 12.5. The van der Waals surface area contributed by atoms with Crippen LogP contribution in [-0.2, 0) is 6.54 Å². The van der Waals surface area contributed by atoms with Crippen LogP contribution in [-0.4, -0.2) is 51.9 Å². The molecule has 1 saturated heterocycles. The lowest BCUT2D eigenvalue weighted by atomic mass is 10.1. The molecule has 28 heavy (non-hydrogen) atoms. The van der Waals surface area contributed by atoms with E-state index in [2.05, 4.69) is 14.9 Å². The van der Waals surface area contributed by atoms with E-state index in [-0.39, 0.29) is 11.5 Å². The van der Waals surface area contributed by atoms with Crippen molar-refractivity contribution in [2.75, 3.05) is 26.2 Å². The molecule has 4 rings (SSSR count). The van der Waals surface area contributed by atoms with Gasteiger partial charge in [-0.25, -0.2) is 9.78 Å². The minimum Gasteiger partial charge on any atom is -0.423 e. The summed E-state index contributed by atoms with van der Waals surface area (Å²) in [6, 6.07) is 5.16. The minimum atomic E-state index is -0.374. The molecule has 1 amide bonds. The number of benzene rings is 1. The van der Waals surface area contributed by atoms with Crippen molar-refractivity contribution in [1.82, 2.24) is 19.8 Å². The van der Waals surface area contributed by atoms with E-state index in [4.69, 9.17) is 16.0 Å². The van der Waals surface area contributed by atoms with Crippen molar-refractivity contribution < 1.29 is 9.21 Å². The summed E-state index contributed by atoms with van der Waals surface area (Å²) in [5.74, 6) is -0.110. The zero-order valence-corrected chi connectivity index (χ0v) is 16.1. The summed E-state index contributed by atoms with van der Waals surface area (Å²) < 4.78 is 5.33. The second-order valence-electron chi connectivity index (χ2n) is 6.85. The molecule has 8 heteroatoms. The molecule has 0 saturated carbocycles. The van der Waals surface area contributed by atoms with Crippen molar-refractivity contribution in [1.29, 1.82) is 0 Å². The summed E-state index contributed by atoms with van der Waals surface area (Å²) in [6.07, 6.45) is 4.54. The average molecular weight is 399 g/mol. The Kier molecular flexibility index (Phi) is 5.11. The highest BCUT2D eigenvalue weighted by atomic mass is 35.5. The maximum absolute atomic E-state index is 12.5. The first-order valence-electron chi connectivity index (χ1n) is 9.02. The molecule has 0 radical (unpaired) electrons. The molecule has 0 N–H and O–H groups in total. The molecule has 1 fully saturated rings. The summed E-state index contributed by atoms with van der Waals surface area (Å²) in [4.78, 5) is 36.5. The van der Waals surface area contributed by atoms with Crippen LogP contribution in [0.1, 0.15) is 21.6 Å². The van der Waals surface area contributed by atoms with Gasteiger partial charge in [0.2, 0.25) is 0 Å². The summed E-state index contributed by atoms with van der Waals surface area (Å²) in [5, 5.41) is 1.48. The summed E-state index contributed by atoms with van der Waals surface area (Å²) in [6.45, 7) is 5.06. The van der Waals surface area contributed by atoms with Crippen LogP contribution >= 0.6 is 11.6 Å². The van der Waals surface area contributed by atoms with Crippen molar-refractivity contribution in [2.45, 2.75) is 13.5 Å². The van der Waals surface area contributed by atoms with E-state index in [0.717, 1.165) is 16.5 Å². The number of aromatic nitrogens is 2. The number of carbonyl (C=O) groups excluding carboxylic acids is 1. The fourth-order valence-electron chi connectivity index (χ4n) is 3.40. The molecular weight excluding hydrogens is 380 g/mol. The van der Waals surface area contributed by atoms with Gasteiger partial charge in [0.05, 0.1) is 6.20 Å². The number of rotatable bonds is 3. The van der Waals surface area contributed by atoms with Gasteiger partial charge in [-0.15, -0.1) is 0 Å². The zero-order valence-electron chi connectivity index (χ0n) is 15.4. The van der Waals surface area contributed by atoms with E-state index in [1.54, 1.807) is 17.2 Å². The fourth-order valence-corrected chi connectivity index (χ4v) is 3.56. The van der Waals surface area contributed by atoms with Gasteiger partial charge in [0.1, 0.15) is 11.3 Å². The topological polar surface area (TPSA) is 79.5 Å². The van der Waals surface area contributed by atoms with Gasteiger partial charge in [-0.1, -0.05) is 11.6 Å². The van der Waals surface area contributed by atoms with Gasteiger partial charge in [0.25, 0.3) is 5.91 Å². The van der Waals surface area contributed by atoms with Crippen LogP contribution in [0.2, 0.25) is 5.02 Å². The molecule has 3 heterocycles. The van der Waals surface area contributed by atoms with Crippen molar-refractivity contribution in [3.05, 3.63) is 69.1 Å². The predicted molar refractivity (Wildman–Crippen MR) is 105 cm³/mol. The number of hydrogen-bond donors (Lipinski definition) is 0. The maximum Gasteiger partial charge on any atom is 0.336 e.